The third-order valence-corrected chi connectivity index (χ3v) is 5.03. The van der Waals surface area contributed by atoms with Gasteiger partial charge in [-0.2, -0.15) is 0 Å². The molecule has 5 heteroatoms. The molecule has 0 aliphatic carbocycles. The zero-order valence-electron chi connectivity index (χ0n) is 19.5. The molecule has 5 nitrogen and oxygen atoms in total. The summed E-state index contributed by atoms with van der Waals surface area (Å²) in [5.74, 6) is -0.321. The van der Waals surface area contributed by atoms with Crippen LogP contribution in [0.25, 0.3) is 0 Å². The van der Waals surface area contributed by atoms with Crippen LogP contribution in [-0.4, -0.2) is 47.7 Å². The smallest absolute Gasteiger partial charge is 0.330 e. The highest BCUT2D eigenvalue weighted by Gasteiger charge is 1.96. The highest BCUT2D eigenvalue weighted by Crippen LogP contribution is 2.10. The lowest BCUT2D eigenvalue weighted by molar-refractivity contribution is -0.137. The number of unbranched alkanes of at least 4 members (excludes halogenated alkanes) is 16. The number of carbonyl (C=O) groups excluding carboxylic acids is 1. The van der Waals surface area contributed by atoms with Crippen molar-refractivity contribution in [2.45, 2.75) is 116 Å². The quantitative estimate of drug-likeness (QED) is 0.116. The van der Waals surface area contributed by atoms with E-state index in [1.165, 1.54) is 70.3 Å². The van der Waals surface area contributed by atoms with E-state index in [2.05, 4.69) is 6.58 Å². The number of carbonyl (C=O) groups is 1. The van der Waals surface area contributed by atoms with Crippen molar-refractivity contribution in [3.8, 4) is 0 Å². The van der Waals surface area contributed by atoms with E-state index < -0.39 is 0 Å². The van der Waals surface area contributed by atoms with Crippen LogP contribution in [0.5, 0.6) is 0 Å². The third kappa shape index (κ3) is 31.8. The van der Waals surface area contributed by atoms with E-state index in [1.807, 2.05) is 0 Å². The predicted molar refractivity (Wildman–Crippen MR) is 126 cm³/mol. The first-order chi connectivity index (χ1) is 14.7. The molecule has 0 aromatic carbocycles. The minimum atomic E-state index is -0.321. The summed E-state index contributed by atoms with van der Waals surface area (Å²) >= 11 is 0. The Morgan fingerprint density at radius 3 is 1.07 bits per heavy atom. The molecule has 0 saturated carbocycles. The van der Waals surface area contributed by atoms with Gasteiger partial charge < -0.3 is 20.1 Å². The van der Waals surface area contributed by atoms with Crippen molar-refractivity contribution < 1.29 is 24.9 Å². The van der Waals surface area contributed by atoms with Gasteiger partial charge in [0.2, 0.25) is 0 Å². The van der Waals surface area contributed by atoms with Gasteiger partial charge in [0.05, 0.1) is 6.61 Å². The number of ether oxygens (including phenoxy) is 1. The van der Waals surface area contributed by atoms with Crippen molar-refractivity contribution >= 4 is 5.97 Å². The highest BCUT2D eigenvalue weighted by atomic mass is 16.5. The number of aliphatic hydroxyl groups is 3. The van der Waals surface area contributed by atoms with E-state index in [0.717, 1.165) is 51.4 Å². The van der Waals surface area contributed by atoms with E-state index in [-0.39, 0.29) is 5.97 Å². The monoisotopic (exact) mass is 430 g/mol. The van der Waals surface area contributed by atoms with Crippen molar-refractivity contribution in [1.82, 2.24) is 0 Å². The second kappa shape index (κ2) is 30.3. The maximum absolute atomic E-state index is 10.7. The van der Waals surface area contributed by atoms with Gasteiger partial charge in [-0.1, -0.05) is 96.5 Å². The first kappa shape index (κ1) is 31.3. The summed E-state index contributed by atoms with van der Waals surface area (Å²) in [7, 11) is 0. The van der Waals surface area contributed by atoms with Gasteiger partial charge in [0.15, 0.2) is 0 Å². The Balaban J connectivity index is 0. The van der Waals surface area contributed by atoms with Gasteiger partial charge >= 0.3 is 5.97 Å². The molecule has 0 spiro atoms. The summed E-state index contributed by atoms with van der Waals surface area (Å²) in [5.41, 5.74) is 0. The summed E-state index contributed by atoms with van der Waals surface area (Å²) in [6.45, 7) is 4.87. The summed E-state index contributed by atoms with van der Waals surface area (Å²) in [6, 6.07) is 0. The Labute approximate surface area is 185 Å². The lowest BCUT2D eigenvalue weighted by atomic mass is 10.1. The maximum Gasteiger partial charge on any atom is 0.330 e. The van der Waals surface area contributed by atoms with Crippen LogP contribution in [0.1, 0.15) is 116 Å². The van der Waals surface area contributed by atoms with E-state index in [1.54, 1.807) is 0 Å². The molecular formula is C25H50O5. The molecule has 0 fully saturated rings. The zero-order valence-corrected chi connectivity index (χ0v) is 19.5. The van der Waals surface area contributed by atoms with Crippen LogP contribution in [0.2, 0.25) is 0 Å². The molecule has 0 atom stereocenters. The minimum absolute atomic E-state index is 0.321. The van der Waals surface area contributed by atoms with Crippen LogP contribution < -0.4 is 0 Å². The molecule has 0 bridgehead atoms. The summed E-state index contributed by atoms with van der Waals surface area (Å²) in [4.78, 5) is 10.7. The molecule has 0 rings (SSSR count). The lowest BCUT2D eigenvalue weighted by Gasteiger charge is -2.03. The molecular weight excluding hydrogens is 380 g/mol. The lowest BCUT2D eigenvalue weighted by Crippen LogP contribution is -2.01. The van der Waals surface area contributed by atoms with Crippen LogP contribution in [0.3, 0.4) is 0 Å². The van der Waals surface area contributed by atoms with Gasteiger partial charge in [-0.15, -0.1) is 0 Å². The normalized spacial score (nSPS) is 10.4. The molecule has 0 radical (unpaired) electrons. The van der Waals surface area contributed by atoms with Crippen LogP contribution >= 0.6 is 0 Å². The SMILES string of the molecule is C=CC(=O)OCCCCCCCCCCCCO.OCCCCCCCCCCO. The number of aliphatic hydroxyl groups excluding tert-OH is 3. The first-order valence-corrected chi connectivity index (χ1v) is 12.3. The minimum Gasteiger partial charge on any atom is -0.463 e. The molecule has 0 aromatic rings. The second-order valence-corrected chi connectivity index (χ2v) is 7.91. The van der Waals surface area contributed by atoms with Crippen molar-refractivity contribution in [1.29, 1.82) is 0 Å². The third-order valence-electron chi connectivity index (χ3n) is 5.03. The number of hydrogen-bond acceptors (Lipinski definition) is 5. The molecule has 0 unspecified atom stereocenters. The summed E-state index contributed by atoms with van der Waals surface area (Å²) in [6.07, 6.45) is 22.3. The van der Waals surface area contributed by atoms with Crippen LogP contribution in [0.15, 0.2) is 12.7 Å². The average Bonchev–Trinajstić information content (AvgIpc) is 2.76. The average molecular weight is 431 g/mol. The van der Waals surface area contributed by atoms with Crippen molar-refractivity contribution in [2.75, 3.05) is 26.4 Å². The molecule has 0 amide bonds. The van der Waals surface area contributed by atoms with Crippen LogP contribution in [0.4, 0.5) is 0 Å². The van der Waals surface area contributed by atoms with Crippen molar-refractivity contribution in [3.05, 3.63) is 12.7 Å². The maximum atomic E-state index is 10.7. The Bertz CT molecular complexity index is 324. The van der Waals surface area contributed by atoms with Gasteiger partial charge in [-0.05, 0) is 25.7 Å². The molecule has 0 heterocycles. The number of hydrogen-bond donors (Lipinski definition) is 3. The van der Waals surface area contributed by atoms with Crippen LogP contribution in [0, 0.1) is 0 Å². The zero-order chi connectivity index (χ0) is 22.5. The molecule has 3 N–H and O–H groups in total. The van der Waals surface area contributed by atoms with Crippen molar-refractivity contribution in [2.24, 2.45) is 0 Å². The van der Waals surface area contributed by atoms with Crippen LogP contribution in [-0.2, 0) is 9.53 Å². The fourth-order valence-electron chi connectivity index (χ4n) is 3.14. The van der Waals surface area contributed by atoms with E-state index in [4.69, 9.17) is 20.1 Å². The molecule has 30 heavy (non-hydrogen) atoms. The molecule has 0 aliphatic heterocycles. The fraction of sp³-hybridized carbons (Fsp3) is 0.880. The molecule has 0 saturated heterocycles. The fourth-order valence-corrected chi connectivity index (χ4v) is 3.14. The summed E-state index contributed by atoms with van der Waals surface area (Å²) in [5, 5.41) is 25.6. The Morgan fingerprint density at radius 1 is 0.533 bits per heavy atom. The van der Waals surface area contributed by atoms with Crippen molar-refractivity contribution in [3.63, 3.8) is 0 Å². The van der Waals surface area contributed by atoms with Gasteiger partial charge in [0.25, 0.3) is 0 Å². The topological polar surface area (TPSA) is 87.0 Å². The van der Waals surface area contributed by atoms with E-state index in [0.29, 0.717) is 26.4 Å². The molecule has 0 aliphatic rings. The second-order valence-electron chi connectivity index (χ2n) is 7.91. The van der Waals surface area contributed by atoms with Gasteiger partial charge in [0, 0.05) is 25.9 Å². The largest absolute Gasteiger partial charge is 0.463 e. The Hall–Kier alpha value is -0.910. The van der Waals surface area contributed by atoms with Gasteiger partial charge in [-0.3, -0.25) is 0 Å². The Kier molecular flexibility index (Phi) is 31.6. The van der Waals surface area contributed by atoms with Gasteiger partial charge in [0.1, 0.15) is 0 Å². The standard InChI is InChI=1S/C15H28O3.C10H22O2/c1-2-15(17)18-14-12-10-8-6-4-3-5-7-9-11-13-16;11-9-7-5-3-1-2-4-6-8-10-12/h2,16H,1,3-14H2;11-12H,1-10H2. The first-order valence-electron chi connectivity index (χ1n) is 12.3. The summed E-state index contributed by atoms with van der Waals surface area (Å²) < 4.78 is 4.90. The predicted octanol–water partition coefficient (Wildman–Crippen LogP) is 5.70. The molecule has 0 aromatic heterocycles. The van der Waals surface area contributed by atoms with Gasteiger partial charge in [-0.25, -0.2) is 4.79 Å². The highest BCUT2D eigenvalue weighted by molar-refractivity contribution is 5.81. The molecule has 180 valence electrons. The van der Waals surface area contributed by atoms with E-state index in [9.17, 15) is 4.79 Å². The number of esters is 1. The number of rotatable bonds is 22. The Morgan fingerprint density at radius 2 is 0.800 bits per heavy atom. The van der Waals surface area contributed by atoms with E-state index >= 15 is 0 Å².